The van der Waals surface area contributed by atoms with E-state index in [9.17, 15) is 26.6 Å². The van der Waals surface area contributed by atoms with E-state index in [1.165, 1.54) is 39.1 Å². The Morgan fingerprint density at radius 3 is 2.36 bits per heavy atom. The number of esters is 1. The summed E-state index contributed by atoms with van der Waals surface area (Å²) in [7, 11) is -0.665. The largest absolute Gasteiger partial charge is 0.463 e. The number of carbonyl (C=O) groups excluding carboxylic acids is 1. The monoisotopic (exact) mass is 427 g/mol. The van der Waals surface area contributed by atoms with Gasteiger partial charge < -0.3 is 9.47 Å². The first-order valence-corrected chi connectivity index (χ1v) is 10.0. The van der Waals surface area contributed by atoms with Crippen molar-refractivity contribution in [1.29, 1.82) is 0 Å². The zero-order valence-electron chi connectivity index (χ0n) is 16.2. The summed E-state index contributed by atoms with van der Waals surface area (Å²) in [4.78, 5) is 12.8. The van der Waals surface area contributed by atoms with Crippen molar-refractivity contribution in [1.82, 2.24) is 4.31 Å². The molecule has 0 aliphatic heterocycles. The van der Waals surface area contributed by atoms with Gasteiger partial charge in [-0.3, -0.25) is 0 Å². The molecule has 0 spiro atoms. The third-order valence-corrected chi connectivity index (χ3v) is 5.77. The van der Waals surface area contributed by atoms with Crippen LogP contribution < -0.4 is 0 Å². The Bertz CT molecular complexity index is 686. The molecular formula is C18H25F4NO4S. The topological polar surface area (TPSA) is 55.8 Å². The minimum atomic E-state index is -4.76. The number of hydrogen-bond donors (Lipinski definition) is 0. The molecule has 160 valence electrons. The molecule has 0 unspecified atom stereocenters. The van der Waals surface area contributed by atoms with E-state index >= 15 is 0 Å². The number of likely N-dealkylation sites (N-methyl/N-ethyl adjacent to an activating group) is 1. The first-order valence-electron chi connectivity index (χ1n) is 8.75. The quantitative estimate of drug-likeness (QED) is 0.324. The molecule has 1 aromatic carbocycles. The van der Waals surface area contributed by atoms with Crippen molar-refractivity contribution < 1.29 is 36.0 Å². The van der Waals surface area contributed by atoms with Gasteiger partial charge in [0.2, 0.25) is 5.72 Å². The molecule has 0 aliphatic rings. The summed E-state index contributed by atoms with van der Waals surface area (Å²) in [6.07, 6.45) is -4.32. The molecule has 0 aliphatic carbocycles. The van der Waals surface area contributed by atoms with Crippen molar-refractivity contribution in [2.24, 2.45) is 0 Å². The van der Waals surface area contributed by atoms with Crippen LogP contribution in [0.4, 0.5) is 17.6 Å². The second-order valence-electron chi connectivity index (χ2n) is 6.09. The molecule has 1 aromatic rings. The zero-order chi connectivity index (χ0) is 21.5. The first-order chi connectivity index (χ1) is 13.0. The van der Waals surface area contributed by atoms with Gasteiger partial charge in [-0.25, -0.2) is 13.4 Å². The third-order valence-electron chi connectivity index (χ3n) is 4.13. The fraction of sp³-hybridized carbons (Fsp3) is 0.611. The highest BCUT2D eigenvalue weighted by atomic mass is 32.2. The smallest absolute Gasteiger partial charge is 0.411 e. The van der Waals surface area contributed by atoms with Crippen molar-refractivity contribution in [3.63, 3.8) is 0 Å². The number of halogens is 4. The van der Waals surface area contributed by atoms with Gasteiger partial charge in [0.05, 0.1) is 17.6 Å². The van der Waals surface area contributed by atoms with E-state index in [2.05, 4.69) is 0 Å². The fourth-order valence-corrected chi connectivity index (χ4v) is 3.99. The summed E-state index contributed by atoms with van der Waals surface area (Å²) in [6, 6.07) is 5.35. The number of carbonyl (C=O) groups is 1. The van der Waals surface area contributed by atoms with Crippen LogP contribution in [0.25, 0.3) is 0 Å². The average Bonchev–Trinajstić information content (AvgIpc) is 2.61. The molecule has 0 N–H and O–H groups in total. The molecule has 0 fully saturated rings. The highest BCUT2D eigenvalue weighted by Gasteiger charge is 2.54. The van der Waals surface area contributed by atoms with E-state index in [4.69, 9.17) is 9.47 Å². The molecule has 0 amide bonds. The maximum atomic E-state index is 14.4. The van der Waals surface area contributed by atoms with Gasteiger partial charge in [0.1, 0.15) is 12.4 Å². The zero-order valence-corrected chi connectivity index (χ0v) is 17.0. The van der Waals surface area contributed by atoms with Crippen LogP contribution in [-0.4, -0.2) is 52.4 Å². The molecule has 3 atom stereocenters. The van der Waals surface area contributed by atoms with Crippen molar-refractivity contribution in [2.45, 2.75) is 45.0 Å². The number of hydrogen-bond acceptors (Lipinski definition) is 4. The predicted octanol–water partition coefficient (Wildman–Crippen LogP) is 3.77. The Morgan fingerprint density at radius 1 is 1.25 bits per heavy atom. The normalized spacial score (nSPS) is 16.5. The maximum Gasteiger partial charge on any atom is 0.411 e. The highest BCUT2D eigenvalue weighted by Crippen LogP contribution is 2.38. The minimum Gasteiger partial charge on any atom is -0.463 e. The number of benzene rings is 1. The van der Waals surface area contributed by atoms with E-state index in [1.54, 1.807) is 6.92 Å². The average molecular weight is 427 g/mol. The van der Waals surface area contributed by atoms with E-state index in [0.29, 0.717) is 6.42 Å². The second-order valence-corrected chi connectivity index (χ2v) is 7.69. The minimum absolute atomic E-state index is 0.0573. The van der Waals surface area contributed by atoms with Crippen molar-refractivity contribution in [3.05, 3.63) is 35.6 Å². The number of nitrogens with zero attached hydrogens (tertiary/aromatic N) is 1. The van der Waals surface area contributed by atoms with Gasteiger partial charge in [-0.1, -0.05) is 32.0 Å². The number of ether oxygens (including phenoxy) is 2. The van der Waals surface area contributed by atoms with Gasteiger partial charge >= 0.3 is 12.1 Å². The fourth-order valence-electron chi connectivity index (χ4n) is 2.78. The SMILES string of the molecule is CCC[S@@](=O)N(C)[C@](OCC(F)(F)F)(C(=O)OCC)[C@H](C)c1ccccc1F. The van der Waals surface area contributed by atoms with Crippen LogP contribution >= 0.6 is 0 Å². The molecule has 5 nitrogen and oxygen atoms in total. The van der Waals surface area contributed by atoms with Crippen LogP contribution in [-0.2, 0) is 25.3 Å². The van der Waals surface area contributed by atoms with Gasteiger partial charge in [0.25, 0.3) is 0 Å². The lowest BCUT2D eigenvalue weighted by atomic mass is 9.89. The van der Waals surface area contributed by atoms with Crippen LogP contribution in [0, 0.1) is 5.82 Å². The molecule has 0 saturated carbocycles. The Hall–Kier alpha value is -1.52. The first kappa shape index (κ1) is 24.5. The number of alkyl halides is 3. The van der Waals surface area contributed by atoms with Crippen molar-refractivity contribution in [3.8, 4) is 0 Å². The lowest BCUT2D eigenvalue weighted by molar-refractivity contribution is -0.237. The maximum absolute atomic E-state index is 14.4. The van der Waals surface area contributed by atoms with Gasteiger partial charge in [0, 0.05) is 18.7 Å². The van der Waals surface area contributed by atoms with Gasteiger partial charge in [0.15, 0.2) is 0 Å². The van der Waals surface area contributed by atoms with Crippen LogP contribution in [0.3, 0.4) is 0 Å². The summed E-state index contributed by atoms with van der Waals surface area (Å²) in [5.74, 6) is -3.06. The lowest BCUT2D eigenvalue weighted by Crippen LogP contribution is -2.60. The summed E-state index contributed by atoms with van der Waals surface area (Å²) in [6.45, 7) is 2.61. The highest BCUT2D eigenvalue weighted by molar-refractivity contribution is 7.82. The Balaban J connectivity index is 3.59. The molecule has 0 aromatic heterocycles. The molecule has 1 rings (SSSR count). The van der Waals surface area contributed by atoms with Gasteiger partial charge in [-0.2, -0.15) is 17.5 Å². The molecule has 10 heteroatoms. The van der Waals surface area contributed by atoms with Gasteiger partial charge in [-0.15, -0.1) is 0 Å². The second kappa shape index (κ2) is 10.3. The van der Waals surface area contributed by atoms with Crippen LogP contribution in [0.2, 0.25) is 0 Å². The summed E-state index contributed by atoms with van der Waals surface area (Å²) >= 11 is 0. The molecule has 0 saturated heterocycles. The van der Waals surface area contributed by atoms with E-state index in [-0.39, 0.29) is 17.9 Å². The summed E-state index contributed by atoms with van der Waals surface area (Å²) < 4.78 is 76.8. The summed E-state index contributed by atoms with van der Waals surface area (Å²) in [5, 5.41) is 0. The molecule has 0 bridgehead atoms. The molecule has 0 radical (unpaired) electrons. The van der Waals surface area contributed by atoms with Gasteiger partial charge in [-0.05, 0) is 25.0 Å². The molecular weight excluding hydrogens is 402 g/mol. The van der Waals surface area contributed by atoms with Crippen molar-refractivity contribution in [2.75, 3.05) is 26.0 Å². The Morgan fingerprint density at radius 2 is 1.86 bits per heavy atom. The molecule has 0 heterocycles. The van der Waals surface area contributed by atoms with E-state index in [0.717, 1.165) is 10.4 Å². The standard InChI is InChI=1S/C18H25F4NO4S/c1-5-11-28(25)23(4)18(16(24)26-6-2,27-12-17(20,21)22)13(3)14-9-7-8-10-15(14)19/h7-10,13H,5-6,11-12H2,1-4H3/t13-,18-,28-/m1/s1. The Kier molecular flexibility index (Phi) is 9.03. The van der Waals surface area contributed by atoms with Crippen LogP contribution in [0.5, 0.6) is 0 Å². The van der Waals surface area contributed by atoms with E-state index in [1.807, 2.05) is 0 Å². The van der Waals surface area contributed by atoms with Crippen LogP contribution in [0.1, 0.15) is 38.7 Å². The Labute approximate surface area is 164 Å². The van der Waals surface area contributed by atoms with E-state index < -0.39 is 47.2 Å². The number of rotatable bonds is 10. The molecule has 28 heavy (non-hydrogen) atoms. The summed E-state index contributed by atoms with van der Waals surface area (Å²) in [5.41, 5.74) is -2.49. The predicted molar refractivity (Wildman–Crippen MR) is 97.2 cm³/mol. The third kappa shape index (κ3) is 5.74. The van der Waals surface area contributed by atoms with Crippen molar-refractivity contribution >= 4 is 17.0 Å². The lowest BCUT2D eigenvalue weighted by Gasteiger charge is -2.42. The van der Waals surface area contributed by atoms with Crippen LogP contribution in [0.15, 0.2) is 24.3 Å².